The SMILES string of the molecule is NCCN(CCc1ccccc1)C(=O)c1ccnc(C2CC2)n1. The molecular weight excluding hydrogens is 288 g/mol. The van der Waals surface area contributed by atoms with E-state index in [0.717, 1.165) is 25.1 Å². The number of benzene rings is 1. The number of rotatable bonds is 7. The summed E-state index contributed by atoms with van der Waals surface area (Å²) in [5, 5.41) is 0. The van der Waals surface area contributed by atoms with Crippen molar-refractivity contribution in [2.24, 2.45) is 5.73 Å². The van der Waals surface area contributed by atoms with Gasteiger partial charge in [-0.2, -0.15) is 0 Å². The second kappa shape index (κ2) is 7.33. The molecule has 1 amide bonds. The third kappa shape index (κ3) is 4.13. The first-order chi connectivity index (χ1) is 11.3. The van der Waals surface area contributed by atoms with Gasteiger partial charge in [0.1, 0.15) is 11.5 Å². The molecule has 0 atom stereocenters. The second-order valence-corrected chi connectivity index (χ2v) is 5.89. The normalized spacial score (nSPS) is 13.8. The maximum absolute atomic E-state index is 12.7. The minimum atomic E-state index is -0.0596. The number of amides is 1. The van der Waals surface area contributed by atoms with Crippen LogP contribution < -0.4 is 5.73 Å². The lowest BCUT2D eigenvalue weighted by molar-refractivity contribution is 0.0755. The molecule has 2 aromatic rings. The van der Waals surface area contributed by atoms with Crippen molar-refractivity contribution < 1.29 is 4.79 Å². The molecule has 23 heavy (non-hydrogen) atoms. The van der Waals surface area contributed by atoms with Crippen LogP contribution in [0.15, 0.2) is 42.6 Å². The smallest absolute Gasteiger partial charge is 0.272 e. The number of nitrogens with two attached hydrogens (primary N) is 1. The van der Waals surface area contributed by atoms with Crippen LogP contribution in [0, 0.1) is 0 Å². The van der Waals surface area contributed by atoms with Crippen LogP contribution in [0.1, 0.15) is 40.6 Å². The summed E-state index contributed by atoms with van der Waals surface area (Å²) in [6.45, 7) is 1.62. The highest BCUT2D eigenvalue weighted by molar-refractivity contribution is 5.92. The first-order valence-electron chi connectivity index (χ1n) is 8.14. The van der Waals surface area contributed by atoms with E-state index in [1.165, 1.54) is 5.56 Å². The Kier molecular flexibility index (Phi) is 4.98. The molecule has 0 radical (unpaired) electrons. The number of carbonyl (C=O) groups excluding carboxylic acids is 1. The van der Waals surface area contributed by atoms with E-state index in [2.05, 4.69) is 22.1 Å². The van der Waals surface area contributed by atoms with Gasteiger partial charge in [0.25, 0.3) is 5.91 Å². The van der Waals surface area contributed by atoms with Crippen molar-refractivity contribution in [2.75, 3.05) is 19.6 Å². The molecule has 5 heteroatoms. The summed E-state index contributed by atoms with van der Waals surface area (Å²) in [5.41, 5.74) is 7.36. The zero-order valence-corrected chi connectivity index (χ0v) is 13.2. The van der Waals surface area contributed by atoms with Crippen molar-refractivity contribution >= 4 is 5.91 Å². The maximum atomic E-state index is 12.7. The zero-order chi connectivity index (χ0) is 16.1. The zero-order valence-electron chi connectivity index (χ0n) is 13.2. The predicted molar refractivity (Wildman–Crippen MR) is 89.1 cm³/mol. The Hall–Kier alpha value is -2.27. The third-order valence-corrected chi connectivity index (χ3v) is 4.04. The number of carbonyl (C=O) groups is 1. The Bertz CT molecular complexity index is 655. The molecule has 1 fully saturated rings. The van der Waals surface area contributed by atoms with Gasteiger partial charge < -0.3 is 10.6 Å². The van der Waals surface area contributed by atoms with Crippen LogP contribution in [0.5, 0.6) is 0 Å². The van der Waals surface area contributed by atoms with Crippen LogP contribution in [0.2, 0.25) is 0 Å². The molecule has 0 unspecified atom stereocenters. The van der Waals surface area contributed by atoms with Gasteiger partial charge in [-0.15, -0.1) is 0 Å². The molecule has 0 aliphatic heterocycles. The van der Waals surface area contributed by atoms with Crippen molar-refractivity contribution in [3.05, 3.63) is 59.7 Å². The van der Waals surface area contributed by atoms with Crippen LogP contribution in [-0.2, 0) is 6.42 Å². The van der Waals surface area contributed by atoms with Crippen LogP contribution >= 0.6 is 0 Å². The van der Waals surface area contributed by atoms with Crippen LogP contribution in [-0.4, -0.2) is 40.4 Å². The summed E-state index contributed by atoms with van der Waals surface area (Å²) in [4.78, 5) is 23.2. The fourth-order valence-corrected chi connectivity index (χ4v) is 2.57. The minimum absolute atomic E-state index is 0.0596. The Labute approximate surface area is 136 Å². The number of nitrogens with zero attached hydrogens (tertiary/aromatic N) is 3. The first kappa shape index (κ1) is 15.6. The standard InChI is InChI=1S/C18H22N4O/c19-10-13-22(12-9-14-4-2-1-3-5-14)18(23)16-8-11-20-17(21-16)15-6-7-15/h1-5,8,11,15H,6-7,9-10,12-13,19H2. The van der Waals surface area contributed by atoms with E-state index in [1.54, 1.807) is 17.2 Å². The summed E-state index contributed by atoms with van der Waals surface area (Å²) < 4.78 is 0. The lowest BCUT2D eigenvalue weighted by Gasteiger charge is -2.21. The topological polar surface area (TPSA) is 72.1 Å². The average Bonchev–Trinajstić information content (AvgIpc) is 3.44. The van der Waals surface area contributed by atoms with Crippen molar-refractivity contribution in [3.8, 4) is 0 Å². The Morgan fingerprint density at radius 2 is 1.96 bits per heavy atom. The van der Waals surface area contributed by atoms with E-state index in [1.807, 2.05) is 18.2 Å². The summed E-state index contributed by atoms with van der Waals surface area (Å²) in [5.74, 6) is 1.18. The number of aromatic nitrogens is 2. The van der Waals surface area contributed by atoms with Crippen LogP contribution in [0.3, 0.4) is 0 Å². The molecule has 5 nitrogen and oxygen atoms in total. The minimum Gasteiger partial charge on any atom is -0.336 e. The van der Waals surface area contributed by atoms with Gasteiger partial charge in [-0.3, -0.25) is 4.79 Å². The van der Waals surface area contributed by atoms with Gasteiger partial charge in [0.15, 0.2) is 0 Å². The molecule has 1 aromatic carbocycles. The van der Waals surface area contributed by atoms with Gasteiger partial charge in [0, 0.05) is 31.7 Å². The average molecular weight is 310 g/mol. The van der Waals surface area contributed by atoms with Gasteiger partial charge in [-0.25, -0.2) is 9.97 Å². The fraction of sp³-hybridized carbons (Fsp3) is 0.389. The van der Waals surface area contributed by atoms with E-state index in [4.69, 9.17) is 5.73 Å². The number of hydrogen-bond donors (Lipinski definition) is 1. The second-order valence-electron chi connectivity index (χ2n) is 5.89. The van der Waals surface area contributed by atoms with Gasteiger partial charge in [0.2, 0.25) is 0 Å². The highest BCUT2D eigenvalue weighted by Crippen LogP contribution is 2.37. The molecule has 1 saturated carbocycles. The summed E-state index contributed by atoms with van der Waals surface area (Å²) >= 11 is 0. The molecule has 0 bridgehead atoms. The summed E-state index contributed by atoms with van der Waals surface area (Å²) in [6.07, 6.45) is 4.75. The molecule has 3 rings (SSSR count). The lowest BCUT2D eigenvalue weighted by Crippen LogP contribution is -2.37. The molecule has 1 aliphatic carbocycles. The molecule has 1 aliphatic rings. The Balaban J connectivity index is 1.69. The van der Waals surface area contributed by atoms with Gasteiger partial charge in [0.05, 0.1) is 0 Å². The van der Waals surface area contributed by atoms with E-state index >= 15 is 0 Å². The van der Waals surface area contributed by atoms with Gasteiger partial charge in [-0.05, 0) is 30.9 Å². The predicted octanol–water partition coefficient (Wildman–Crippen LogP) is 2.00. The Morgan fingerprint density at radius 3 is 2.65 bits per heavy atom. The van der Waals surface area contributed by atoms with E-state index in [9.17, 15) is 4.79 Å². The summed E-state index contributed by atoms with van der Waals surface area (Å²) in [6, 6.07) is 11.8. The van der Waals surface area contributed by atoms with Crippen molar-refractivity contribution in [1.82, 2.24) is 14.9 Å². The van der Waals surface area contributed by atoms with Crippen molar-refractivity contribution in [3.63, 3.8) is 0 Å². The largest absolute Gasteiger partial charge is 0.336 e. The number of hydrogen-bond acceptors (Lipinski definition) is 4. The molecule has 1 aromatic heterocycles. The Morgan fingerprint density at radius 1 is 1.17 bits per heavy atom. The maximum Gasteiger partial charge on any atom is 0.272 e. The van der Waals surface area contributed by atoms with Crippen LogP contribution in [0.4, 0.5) is 0 Å². The molecule has 120 valence electrons. The van der Waals surface area contributed by atoms with Crippen molar-refractivity contribution in [2.45, 2.75) is 25.2 Å². The van der Waals surface area contributed by atoms with Gasteiger partial charge in [-0.1, -0.05) is 30.3 Å². The molecule has 2 N–H and O–H groups in total. The molecule has 0 saturated heterocycles. The first-order valence-corrected chi connectivity index (χ1v) is 8.14. The van der Waals surface area contributed by atoms with Crippen molar-refractivity contribution in [1.29, 1.82) is 0 Å². The van der Waals surface area contributed by atoms with E-state index in [-0.39, 0.29) is 5.91 Å². The molecule has 1 heterocycles. The summed E-state index contributed by atoms with van der Waals surface area (Å²) in [7, 11) is 0. The molecule has 0 spiro atoms. The third-order valence-electron chi connectivity index (χ3n) is 4.04. The van der Waals surface area contributed by atoms with Gasteiger partial charge >= 0.3 is 0 Å². The fourth-order valence-electron chi connectivity index (χ4n) is 2.57. The highest BCUT2D eigenvalue weighted by Gasteiger charge is 2.27. The molecular formula is C18H22N4O. The van der Waals surface area contributed by atoms with E-state index in [0.29, 0.717) is 31.2 Å². The van der Waals surface area contributed by atoms with Crippen LogP contribution in [0.25, 0.3) is 0 Å². The van der Waals surface area contributed by atoms with E-state index < -0.39 is 0 Å². The lowest BCUT2D eigenvalue weighted by atomic mass is 10.1. The quantitative estimate of drug-likeness (QED) is 0.849. The monoisotopic (exact) mass is 310 g/mol. The highest BCUT2D eigenvalue weighted by atomic mass is 16.2.